The highest BCUT2D eigenvalue weighted by Gasteiger charge is 2.44. The Balaban J connectivity index is 1.29. The Morgan fingerprint density at radius 2 is 1.91 bits per heavy atom. The molecule has 2 aromatic rings. The molecule has 4 heterocycles. The average Bonchev–Trinajstić information content (AvgIpc) is 3.32. The highest BCUT2D eigenvalue weighted by atomic mass is 19.2. The molecule has 34 heavy (non-hydrogen) atoms. The number of aromatic nitrogens is 2. The molecule has 11 heteroatoms. The van der Waals surface area contributed by atoms with Crippen LogP contribution in [-0.4, -0.2) is 66.5 Å². The van der Waals surface area contributed by atoms with Crippen LogP contribution in [0.2, 0.25) is 0 Å². The van der Waals surface area contributed by atoms with Crippen molar-refractivity contribution in [2.45, 2.75) is 25.3 Å². The van der Waals surface area contributed by atoms with Gasteiger partial charge >= 0.3 is 0 Å². The number of methoxy groups -OCH3 is 1. The van der Waals surface area contributed by atoms with E-state index in [0.717, 1.165) is 50.7 Å². The first kappa shape index (κ1) is 21.1. The summed E-state index contributed by atoms with van der Waals surface area (Å²) in [6, 6.07) is 5.96. The third kappa shape index (κ3) is 3.59. The van der Waals surface area contributed by atoms with Gasteiger partial charge in [0.05, 0.1) is 30.7 Å². The zero-order valence-electron chi connectivity index (χ0n) is 18.9. The van der Waals surface area contributed by atoms with Crippen LogP contribution in [0.1, 0.15) is 19.3 Å². The van der Waals surface area contributed by atoms with Gasteiger partial charge in [-0.1, -0.05) is 0 Å². The molecule has 0 radical (unpaired) electrons. The van der Waals surface area contributed by atoms with E-state index in [1.807, 2.05) is 16.0 Å². The van der Waals surface area contributed by atoms with E-state index in [4.69, 9.17) is 9.73 Å². The van der Waals surface area contributed by atoms with Gasteiger partial charge < -0.3 is 9.64 Å². The Bertz CT molecular complexity index is 1140. The van der Waals surface area contributed by atoms with Gasteiger partial charge in [-0.3, -0.25) is 15.4 Å². The number of fused-ring (bicyclic) bond motifs is 3. The van der Waals surface area contributed by atoms with E-state index in [1.54, 1.807) is 19.4 Å². The SMILES string of the molecule is COc1cc(N2CC3CCC(C2)C3N=C2NN3CCCN=C3N2c2ccc(F)c(F)c2)cnn1. The Morgan fingerprint density at radius 1 is 1.09 bits per heavy atom. The van der Waals surface area contributed by atoms with E-state index in [1.165, 1.54) is 6.07 Å². The first-order valence-corrected chi connectivity index (χ1v) is 11.6. The highest BCUT2D eigenvalue weighted by Crippen LogP contribution is 2.41. The van der Waals surface area contributed by atoms with Crippen molar-refractivity contribution in [3.63, 3.8) is 0 Å². The molecule has 3 aliphatic heterocycles. The summed E-state index contributed by atoms with van der Waals surface area (Å²) in [6.45, 7) is 3.19. The van der Waals surface area contributed by atoms with Crippen molar-refractivity contribution < 1.29 is 13.5 Å². The summed E-state index contributed by atoms with van der Waals surface area (Å²) >= 11 is 0. The summed E-state index contributed by atoms with van der Waals surface area (Å²) < 4.78 is 33.0. The Labute approximate surface area is 196 Å². The van der Waals surface area contributed by atoms with Crippen LogP contribution in [0, 0.1) is 23.5 Å². The molecular formula is C23H26F2N8O. The second kappa shape index (κ2) is 8.37. The van der Waals surface area contributed by atoms with Crippen molar-refractivity contribution >= 4 is 23.3 Å². The molecule has 1 N–H and O–H groups in total. The molecule has 1 saturated carbocycles. The molecule has 2 bridgehead atoms. The van der Waals surface area contributed by atoms with Crippen LogP contribution >= 0.6 is 0 Å². The van der Waals surface area contributed by atoms with Crippen LogP contribution in [0.3, 0.4) is 0 Å². The molecule has 2 atom stereocenters. The molecule has 4 aliphatic rings. The standard InChI is InChI=1S/C23H26F2N8O/c1-34-20-10-17(11-27-29-20)31-12-14-3-4-15(13-31)21(14)28-22-30-32-8-2-7-26-23(32)33(22)16-5-6-18(24)19(25)9-16/h5-6,9-11,14-15,21H,2-4,7-8,12-13H2,1H3,(H,28,30). The molecule has 178 valence electrons. The Kier molecular flexibility index (Phi) is 5.19. The predicted octanol–water partition coefficient (Wildman–Crippen LogP) is 2.42. The van der Waals surface area contributed by atoms with E-state index in [-0.39, 0.29) is 6.04 Å². The quantitative estimate of drug-likeness (QED) is 0.738. The van der Waals surface area contributed by atoms with Crippen molar-refractivity contribution in [3.05, 3.63) is 42.1 Å². The molecular weight excluding hydrogens is 442 g/mol. The number of nitrogens with one attached hydrogen (secondary N) is 1. The van der Waals surface area contributed by atoms with Gasteiger partial charge in [0.1, 0.15) is 0 Å². The van der Waals surface area contributed by atoms with Gasteiger partial charge in [0.2, 0.25) is 17.8 Å². The minimum Gasteiger partial charge on any atom is -0.480 e. The molecule has 2 saturated heterocycles. The van der Waals surface area contributed by atoms with Crippen LogP contribution in [0.5, 0.6) is 5.88 Å². The lowest BCUT2D eigenvalue weighted by Gasteiger charge is -2.37. The van der Waals surface area contributed by atoms with Crippen molar-refractivity contribution in [1.29, 1.82) is 0 Å². The van der Waals surface area contributed by atoms with E-state index >= 15 is 0 Å². The number of nitrogens with zero attached hydrogens (tertiary/aromatic N) is 7. The number of halogens is 2. The molecule has 1 aromatic heterocycles. The summed E-state index contributed by atoms with van der Waals surface area (Å²) in [5.74, 6) is 0.787. The van der Waals surface area contributed by atoms with Crippen LogP contribution in [0.4, 0.5) is 20.2 Å². The lowest BCUT2D eigenvalue weighted by Crippen LogP contribution is -2.46. The largest absolute Gasteiger partial charge is 0.480 e. The molecule has 0 amide bonds. The normalized spacial score (nSPS) is 27.0. The maximum absolute atomic E-state index is 14.1. The van der Waals surface area contributed by atoms with Crippen LogP contribution < -0.4 is 20.0 Å². The fourth-order valence-electron chi connectivity index (χ4n) is 5.47. The number of ether oxygens (including phenoxy) is 1. The monoisotopic (exact) mass is 468 g/mol. The van der Waals surface area contributed by atoms with Gasteiger partial charge in [-0.05, 0) is 43.2 Å². The Morgan fingerprint density at radius 3 is 2.68 bits per heavy atom. The average molecular weight is 469 g/mol. The summed E-state index contributed by atoms with van der Waals surface area (Å²) in [5.41, 5.74) is 4.87. The molecule has 3 fully saturated rings. The fraction of sp³-hybridized carbons (Fsp3) is 0.478. The topological polar surface area (TPSA) is 81.5 Å². The van der Waals surface area contributed by atoms with E-state index in [2.05, 4.69) is 25.5 Å². The van der Waals surface area contributed by atoms with Crippen molar-refractivity contribution in [1.82, 2.24) is 20.6 Å². The number of piperidine rings is 1. The summed E-state index contributed by atoms with van der Waals surface area (Å²) in [4.78, 5) is 14.0. The zero-order valence-corrected chi connectivity index (χ0v) is 18.9. The molecule has 1 aliphatic carbocycles. The number of anilines is 2. The smallest absolute Gasteiger partial charge is 0.235 e. The van der Waals surface area contributed by atoms with Gasteiger partial charge in [0.15, 0.2) is 11.6 Å². The summed E-state index contributed by atoms with van der Waals surface area (Å²) in [6.07, 6.45) is 4.87. The number of hydrogen-bond acceptors (Lipinski definition) is 7. The maximum atomic E-state index is 14.1. The van der Waals surface area contributed by atoms with E-state index < -0.39 is 11.6 Å². The van der Waals surface area contributed by atoms with Gasteiger partial charge in [-0.2, -0.15) is 5.10 Å². The number of hydrogen-bond donors (Lipinski definition) is 1. The predicted molar refractivity (Wildman–Crippen MR) is 124 cm³/mol. The maximum Gasteiger partial charge on any atom is 0.235 e. The minimum absolute atomic E-state index is 0.130. The summed E-state index contributed by atoms with van der Waals surface area (Å²) in [7, 11) is 1.59. The van der Waals surface area contributed by atoms with Crippen LogP contribution in [-0.2, 0) is 0 Å². The third-order valence-corrected chi connectivity index (χ3v) is 7.09. The third-order valence-electron chi connectivity index (χ3n) is 7.09. The lowest BCUT2D eigenvalue weighted by molar-refractivity contribution is 0.347. The van der Waals surface area contributed by atoms with Gasteiger partial charge in [0.25, 0.3) is 0 Å². The second-order valence-electron chi connectivity index (χ2n) is 9.13. The first-order valence-electron chi connectivity index (χ1n) is 11.6. The molecule has 0 spiro atoms. The fourth-order valence-corrected chi connectivity index (χ4v) is 5.47. The first-order chi connectivity index (χ1) is 16.6. The van der Waals surface area contributed by atoms with Crippen molar-refractivity contribution in [2.75, 3.05) is 43.1 Å². The lowest BCUT2D eigenvalue weighted by atomic mass is 9.92. The molecule has 6 rings (SSSR count). The number of guanidine groups is 2. The number of hydrazine groups is 1. The van der Waals surface area contributed by atoms with E-state index in [9.17, 15) is 8.78 Å². The van der Waals surface area contributed by atoms with Crippen molar-refractivity contribution in [3.8, 4) is 5.88 Å². The molecule has 2 unspecified atom stereocenters. The van der Waals surface area contributed by atoms with Gasteiger partial charge in [0, 0.05) is 38.3 Å². The van der Waals surface area contributed by atoms with E-state index in [0.29, 0.717) is 41.9 Å². The second-order valence-corrected chi connectivity index (χ2v) is 9.13. The Hall–Kier alpha value is -3.50. The highest BCUT2D eigenvalue weighted by molar-refractivity contribution is 6.21. The van der Waals surface area contributed by atoms with Gasteiger partial charge in [-0.25, -0.2) is 18.7 Å². The zero-order chi connectivity index (χ0) is 23.2. The van der Waals surface area contributed by atoms with Crippen LogP contribution in [0.15, 0.2) is 40.4 Å². The molecule has 9 nitrogen and oxygen atoms in total. The summed E-state index contributed by atoms with van der Waals surface area (Å²) in [5, 5.41) is 9.98. The number of rotatable bonds is 4. The van der Waals surface area contributed by atoms with Crippen molar-refractivity contribution in [2.24, 2.45) is 21.8 Å². The van der Waals surface area contributed by atoms with Gasteiger partial charge in [-0.15, -0.1) is 5.10 Å². The van der Waals surface area contributed by atoms with Crippen LogP contribution in [0.25, 0.3) is 0 Å². The number of aliphatic imine (C=N–C) groups is 2. The number of benzene rings is 1. The minimum atomic E-state index is -0.888. The molecule has 1 aromatic carbocycles.